The van der Waals surface area contributed by atoms with E-state index in [2.05, 4.69) is 15.1 Å². The zero-order chi connectivity index (χ0) is 17.6. The smallest absolute Gasteiger partial charge is 0.248 e. The minimum atomic E-state index is -0.463. The third-order valence-electron chi connectivity index (χ3n) is 5.36. The quantitative estimate of drug-likeness (QED) is 0.823. The lowest BCUT2D eigenvalue weighted by atomic mass is 10.1. The molecule has 2 aliphatic rings. The van der Waals surface area contributed by atoms with Gasteiger partial charge in [-0.1, -0.05) is 12.8 Å². The first-order valence-electron chi connectivity index (χ1n) is 9.28. The number of rotatable bonds is 6. The molecule has 1 heterocycles. The number of anilines is 1. The zero-order valence-corrected chi connectivity index (χ0v) is 14.7. The van der Waals surface area contributed by atoms with Crippen molar-refractivity contribution in [2.24, 2.45) is 5.73 Å². The van der Waals surface area contributed by atoms with E-state index < -0.39 is 5.91 Å². The monoisotopic (exact) mass is 344 g/mol. The highest BCUT2D eigenvalue weighted by molar-refractivity contribution is 5.94. The minimum absolute atomic E-state index is 0.00467. The van der Waals surface area contributed by atoms with Gasteiger partial charge in [0.05, 0.1) is 0 Å². The van der Waals surface area contributed by atoms with E-state index in [0.717, 1.165) is 38.8 Å². The van der Waals surface area contributed by atoms with E-state index in [1.807, 2.05) is 0 Å². The molecule has 3 N–H and O–H groups in total. The lowest BCUT2D eigenvalue weighted by molar-refractivity contribution is -0.116. The molecule has 1 aliphatic heterocycles. The van der Waals surface area contributed by atoms with Gasteiger partial charge in [0.1, 0.15) is 0 Å². The summed E-state index contributed by atoms with van der Waals surface area (Å²) in [6, 6.07) is 7.46. The van der Waals surface area contributed by atoms with Crippen LogP contribution < -0.4 is 11.1 Å². The summed E-state index contributed by atoms with van der Waals surface area (Å²) in [5.41, 5.74) is 6.35. The molecule has 1 aliphatic carbocycles. The summed E-state index contributed by atoms with van der Waals surface area (Å²) < 4.78 is 0. The Balaban J connectivity index is 1.37. The molecule has 136 valence electrons. The molecule has 0 atom stereocenters. The number of primary amides is 1. The molecule has 0 spiro atoms. The molecular weight excluding hydrogens is 316 g/mol. The Labute approximate surface area is 149 Å². The van der Waals surface area contributed by atoms with Crippen LogP contribution in [0.4, 0.5) is 5.69 Å². The summed E-state index contributed by atoms with van der Waals surface area (Å²) in [6.07, 6.45) is 5.96. The standard InChI is InChI=1S/C19H28N4O2/c20-19(25)15-5-7-16(8-6-15)21-18(24)9-10-22-11-13-23(14-12-22)17-3-1-2-4-17/h5-8,17H,1-4,9-14H2,(H2,20,25)(H,21,24). The Morgan fingerprint density at radius 1 is 1.04 bits per heavy atom. The first-order chi connectivity index (χ1) is 12.1. The van der Waals surface area contributed by atoms with E-state index in [-0.39, 0.29) is 5.91 Å². The largest absolute Gasteiger partial charge is 0.366 e. The summed E-state index contributed by atoms with van der Waals surface area (Å²) in [5, 5.41) is 2.87. The highest BCUT2D eigenvalue weighted by Crippen LogP contribution is 2.24. The molecule has 1 saturated carbocycles. The molecule has 1 saturated heterocycles. The number of nitrogens with one attached hydrogen (secondary N) is 1. The fourth-order valence-corrected chi connectivity index (χ4v) is 3.82. The SMILES string of the molecule is NC(=O)c1ccc(NC(=O)CCN2CCN(C3CCCC3)CC2)cc1. The van der Waals surface area contributed by atoms with Gasteiger partial charge in [-0.2, -0.15) is 0 Å². The molecule has 0 bridgehead atoms. The molecule has 25 heavy (non-hydrogen) atoms. The van der Waals surface area contributed by atoms with Crippen LogP contribution in [0.3, 0.4) is 0 Å². The number of carbonyl (C=O) groups is 2. The fraction of sp³-hybridized carbons (Fsp3) is 0.579. The molecule has 0 aromatic heterocycles. The Morgan fingerprint density at radius 3 is 2.28 bits per heavy atom. The van der Waals surface area contributed by atoms with Gasteiger partial charge in [-0.05, 0) is 37.1 Å². The van der Waals surface area contributed by atoms with Crippen LogP contribution in [-0.4, -0.2) is 60.4 Å². The first-order valence-corrected chi connectivity index (χ1v) is 9.28. The van der Waals surface area contributed by atoms with Gasteiger partial charge < -0.3 is 16.0 Å². The van der Waals surface area contributed by atoms with Gasteiger partial charge >= 0.3 is 0 Å². The Kier molecular flexibility index (Phi) is 6.04. The van der Waals surface area contributed by atoms with Crippen LogP contribution in [0, 0.1) is 0 Å². The number of carbonyl (C=O) groups excluding carboxylic acids is 2. The summed E-state index contributed by atoms with van der Waals surface area (Å²) in [5.74, 6) is -0.459. The van der Waals surface area contributed by atoms with E-state index in [1.54, 1.807) is 24.3 Å². The molecule has 0 unspecified atom stereocenters. The summed E-state index contributed by atoms with van der Waals surface area (Å²) in [7, 11) is 0. The normalized spacial score (nSPS) is 19.8. The molecule has 6 nitrogen and oxygen atoms in total. The lowest BCUT2D eigenvalue weighted by Crippen LogP contribution is -2.50. The molecule has 2 fully saturated rings. The number of benzene rings is 1. The van der Waals surface area contributed by atoms with E-state index >= 15 is 0 Å². The van der Waals surface area contributed by atoms with Crippen LogP contribution in [0.25, 0.3) is 0 Å². The van der Waals surface area contributed by atoms with Crippen LogP contribution >= 0.6 is 0 Å². The number of amides is 2. The van der Waals surface area contributed by atoms with Crippen molar-refractivity contribution < 1.29 is 9.59 Å². The summed E-state index contributed by atoms with van der Waals surface area (Å²) in [4.78, 5) is 28.2. The topological polar surface area (TPSA) is 78.7 Å². The number of piperazine rings is 1. The van der Waals surface area contributed by atoms with Gasteiger partial charge in [0.2, 0.25) is 11.8 Å². The van der Waals surface area contributed by atoms with Crippen molar-refractivity contribution in [1.29, 1.82) is 0 Å². The number of hydrogen-bond acceptors (Lipinski definition) is 4. The second-order valence-electron chi connectivity index (χ2n) is 7.06. The average molecular weight is 344 g/mol. The molecule has 6 heteroatoms. The Hall–Kier alpha value is -1.92. The van der Waals surface area contributed by atoms with E-state index in [0.29, 0.717) is 17.7 Å². The van der Waals surface area contributed by atoms with Crippen molar-refractivity contribution in [2.45, 2.75) is 38.1 Å². The van der Waals surface area contributed by atoms with Gasteiger partial charge in [-0.15, -0.1) is 0 Å². The van der Waals surface area contributed by atoms with Crippen LogP contribution in [0.5, 0.6) is 0 Å². The molecule has 2 amide bonds. The van der Waals surface area contributed by atoms with E-state index in [4.69, 9.17) is 5.73 Å². The Morgan fingerprint density at radius 2 is 1.68 bits per heavy atom. The molecule has 1 aromatic rings. The van der Waals surface area contributed by atoms with Crippen molar-refractivity contribution in [3.8, 4) is 0 Å². The number of nitrogens with two attached hydrogens (primary N) is 1. The molecule has 3 rings (SSSR count). The predicted molar refractivity (Wildman–Crippen MR) is 98.5 cm³/mol. The highest BCUT2D eigenvalue weighted by atomic mass is 16.2. The van der Waals surface area contributed by atoms with Crippen molar-refractivity contribution in [2.75, 3.05) is 38.0 Å². The van der Waals surface area contributed by atoms with Gasteiger partial charge in [0, 0.05) is 56.4 Å². The summed E-state index contributed by atoms with van der Waals surface area (Å²) in [6.45, 7) is 5.15. The predicted octanol–water partition coefficient (Wildman–Crippen LogP) is 1.67. The second kappa shape index (κ2) is 8.45. The third kappa shape index (κ3) is 5.03. The summed E-state index contributed by atoms with van der Waals surface area (Å²) >= 11 is 0. The van der Waals surface area contributed by atoms with Gasteiger partial charge in [-0.3, -0.25) is 14.5 Å². The number of nitrogens with zero attached hydrogens (tertiary/aromatic N) is 2. The second-order valence-corrected chi connectivity index (χ2v) is 7.06. The van der Waals surface area contributed by atoms with Crippen molar-refractivity contribution in [3.63, 3.8) is 0 Å². The molecular formula is C19H28N4O2. The maximum Gasteiger partial charge on any atom is 0.248 e. The molecule has 1 aromatic carbocycles. The van der Waals surface area contributed by atoms with E-state index in [1.165, 1.54) is 25.7 Å². The maximum atomic E-state index is 12.1. The highest BCUT2D eigenvalue weighted by Gasteiger charge is 2.26. The average Bonchev–Trinajstić information content (AvgIpc) is 3.15. The minimum Gasteiger partial charge on any atom is -0.366 e. The maximum absolute atomic E-state index is 12.1. The van der Waals surface area contributed by atoms with Crippen LogP contribution in [-0.2, 0) is 4.79 Å². The molecule has 0 radical (unpaired) electrons. The van der Waals surface area contributed by atoms with Crippen molar-refractivity contribution in [3.05, 3.63) is 29.8 Å². The fourth-order valence-electron chi connectivity index (χ4n) is 3.82. The van der Waals surface area contributed by atoms with Crippen LogP contribution in [0.1, 0.15) is 42.5 Å². The van der Waals surface area contributed by atoms with Crippen LogP contribution in [0.2, 0.25) is 0 Å². The van der Waals surface area contributed by atoms with Crippen molar-refractivity contribution in [1.82, 2.24) is 9.80 Å². The van der Waals surface area contributed by atoms with Crippen molar-refractivity contribution >= 4 is 17.5 Å². The lowest BCUT2D eigenvalue weighted by Gasteiger charge is -2.38. The van der Waals surface area contributed by atoms with Gasteiger partial charge in [0.15, 0.2) is 0 Å². The Bertz CT molecular complexity index is 588. The first kappa shape index (κ1) is 17.9. The van der Waals surface area contributed by atoms with Gasteiger partial charge in [0.25, 0.3) is 0 Å². The third-order valence-corrected chi connectivity index (χ3v) is 5.36. The van der Waals surface area contributed by atoms with Gasteiger partial charge in [-0.25, -0.2) is 0 Å². The number of hydrogen-bond donors (Lipinski definition) is 2. The van der Waals surface area contributed by atoms with Crippen LogP contribution in [0.15, 0.2) is 24.3 Å². The zero-order valence-electron chi connectivity index (χ0n) is 14.7. The van der Waals surface area contributed by atoms with E-state index in [9.17, 15) is 9.59 Å².